The van der Waals surface area contributed by atoms with Crippen LogP contribution >= 0.6 is 0 Å². The number of nitrogens with one attached hydrogen (secondary N) is 2. The Kier molecular flexibility index (Phi) is 4.41. The Bertz CT molecular complexity index is 514. The summed E-state index contributed by atoms with van der Waals surface area (Å²) in [4.78, 5) is 0. The van der Waals surface area contributed by atoms with Crippen LogP contribution in [0.5, 0.6) is 0 Å². The highest BCUT2D eigenvalue weighted by Crippen LogP contribution is 2.18. The van der Waals surface area contributed by atoms with Crippen LogP contribution in [0, 0.1) is 0 Å². The Balaban J connectivity index is 1.91. The van der Waals surface area contributed by atoms with E-state index in [0.717, 1.165) is 13.0 Å². The third-order valence-electron chi connectivity index (χ3n) is 3.07. The minimum absolute atomic E-state index is 0.00434. The second-order valence-corrected chi connectivity index (χ2v) is 7.09. The van der Waals surface area contributed by atoms with Crippen LogP contribution in [0.3, 0.4) is 0 Å². The number of rotatable bonds is 6. The molecule has 1 aromatic rings. The van der Waals surface area contributed by atoms with Gasteiger partial charge in [0.1, 0.15) is 0 Å². The lowest BCUT2D eigenvalue weighted by Crippen LogP contribution is -2.20. The molecule has 2 atom stereocenters. The quantitative estimate of drug-likeness (QED) is 0.796. The van der Waals surface area contributed by atoms with Crippen molar-refractivity contribution >= 4 is 15.9 Å². The van der Waals surface area contributed by atoms with Crippen molar-refractivity contribution in [3.05, 3.63) is 5.89 Å². The molecule has 0 aromatic carbocycles. The van der Waals surface area contributed by atoms with Crippen molar-refractivity contribution < 1.29 is 12.8 Å². The molecule has 7 nitrogen and oxygen atoms in total. The van der Waals surface area contributed by atoms with Gasteiger partial charge in [-0.25, -0.2) is 8.42 Å². The first-order chi connectivity index (χ1) is 9.00. The SMILES string of the molecule is CCCNC(C)c1nnc(NC2CCS(=O)(=O)C2)o1. The Morgan fingerprint density at radius 3 is 2.89 bits per heavy atom. The lowest BCUT2D eigenvalue weighted by atomic mass is 10.3. The summed E-state index contributed by atoms with van der Waals surface area (Å²) in [5.74, 6) is 0.867. The predicted octanol–water partition coefficient (Wildman–Crippen LogP) is 0.729. The highest BCUT2D eigenvalue weighted by Gasteiger charge is 2.29. The summed E-state index contributed by atoms with van der Waals surface area (Å²) in [5.41, 5.74) is 0. The molecule has 8 heteroatoms. The molecule has 0 aliphatic carbocycles. The fourth-order valence-corrected chi connectivity index (χ4v) is 3.67. The Morgan fingerprint density at radius 1 is 1.47 bits per heavy atom. The van der Waals surface area contributed by atoms with Gasteiger partial charge in [0.2, 0.25) is 5.89 Å². The smallest absolute Gasteiger partial charge is 0.315 e. The third kappa shape index (κ3) is 3.90. The number of nitrogens with zero attached hydrogens (tertiary/aromatic N) is 2. The van der Waals surface area contributed by atoms with E-state index < -0.39 is 9.84 Å². The van der Waals surface area contributed by atoms with Gasteiger partial charge in [0.15, 0.2) is 9.84 Å². The average molecular weight is 288 g/mol. The molecule has 108 valence electrons. The normalized spacial score (nSPS) is 23.4. The largest absolute Gasteiger partial charge is 0.406 e. The maximum absolute atomic E-state index is 11.3. The summed E-state index contributed by atoms with van der Waals surface area (Å²) in [6, 6.07) is 0.162. The van der Waals surface area contributed by atoms with Crippen LogP contribution in [0.25, 0.3) is 0 Å². The van der Waals surface area contributed by atoms with E-state index in [4.69, 9.17) is 4.42 Å². The maximum Gasteiger partial charge on any atom is 0.315 e. The fourth-order valence-electron chi connectivity index (χ4n) is 2.00. The monoisotopic (exact) mass is 288 g/mol. The van der Waals surface area contributed by atoms with Gasteiger partial charge in [-0.05, 0) is 26.3 Å². The molecule has 1 aliphatic rings. The van der Waals surface area contributed by atoms with E-state index in [9.17, 15) is 8.42 Å². The van der Waals surface area contributed by atoms with Gasteiger partial charge < -0.3 is 15.1 Å². The van der Waals surface area contributed by atoms with Crippen molar-refractivity contribution in [3.8, 4) is 0 Å². The van der Waals surface area contributed by atoms with Gasteiger partial charge in [-0.2, -0.15) is 0 Å². The molecular formula is C11H20N4O3S. The standard InChI is InChI=1S/C11H20N4O3S/c1-3-5-12-8(2)10-14-15-11(18-10)13-9-4-6-19(16,17)7-9/h8-9,12H,3-7H2,1-2H3,(H,13,15). The number of hydrogen-bond donors (Lipinski definition) is 2. The van der Waals surface area contributed by atoms with Gasteiger partial charge in [0.05, 0.1) is 17.5 Å². The van der Waals surface area contributed by atoms with Crippen molar-refractivity contribution in [1.82, 2.24) is 15.5 Å². The highest BCUT2D eigenvalue weighted by atomic mass is 32.2. The van der Waals surface area contributed by atoms with Crippen molar-refractivity contribution in [2.75, 3.05) is 23.4 Å². The highest BCUT2D eigenvalue weighted by molar-refractivity contribution is 7.91. The molecular weight excluding hydrogens is 268 g/mol. The molecule has 1 aromatic heterocycles. The zero-order valence-electron chi connectivity index (χ0n) is 11.2. The molecule has 0 saturated carbocycles. The Morgan fingerprint density at radius 2 is 2.26 bits per heavy atom. The molecule has 0 amide bonds. The summed E-state index contributed by atoms with van der Waals surface area (Å²) >= 11 is 0. The van der Waals surface area contributed by atoms with E-state index in [1.54, 1.807) is 0 Å². The van der Waals surface area contributed by atoms with E-state index in [2.05, 4.69) is 27.8 Å². The molecule has 19 heavy (non-hydrogen) atoms. The van der Waals surface area contributed by atoms with E-state index >= 15 is 0 Å². The van der Waals surface area contributed by atoms with Crippen LogP contribution in [0.1, 0.15) is 38.6 Å². The minimum Gasteiger partial charge on any atom is -0.406 e. The van der Waals surface area contributed by atoms with Gasteiger partial charge in [-0.3, -0.25) is 0 Å². The number of sulfone groups is 1. The summed E-state index contributed by atoms with van der Waals surface area (Å²) in [6.07, 6.45) is 1.62. The van der Waals surface area contributed by atoms with Gasteiger partial charge in [-0.15, -0.1) is 5.10 Å². The minimum atomic E-state index is -2.90. The lowest BCUT2D eigenvalue weighted by Gasteiger charge is -2.09. The summed E-state index contributed by atoms with van der Waals surface area (Å²) in [6.45, 7) is 4.92. The summed E-state index contributed by atoms with van der Waals surface area (Å²) in [7, 11) is -2.90. The molecule has 0 bridgehead atoms. The van der Waals surface area contributed by atoms with E-state index in [1.165, 1.54) is 0 Å². The third-order valence-corrected chi connectivity index (χ3v) is 4.84. The lowest BCUT2D eigenvalue weighted by molar-refractivity contribution is 0.421. The first-order valence-corrected chi connectivity index (χ1v) is 8.36. The van der Waals surface area contributed by atoms with Crippen molar-refractivity contribution in [3.63, 3.8) is 0 Å². The van der Waals surface area contributed by atoms with E-state index in [1.807, 2.05) is 6.92 Å². The fraction of sp³-hybridized carbons (Fsp3) is 0.818. The van der Waals surface area contributed by atoms with Crippen molar-refractivity contribution in [2.45, 2.75) is 38.8 Å². The number of anilines is 1. The number of hydrogen-bond acceptors (Lipinski definition) is 7. The van der Waals surface area contributed by atoms with E-state index in [-0.39, 0.29) is 23.6 Å². The van der Waals surface area contributed by atoms with Gasteiger partial charge in [0.25, 0.3) is 0 Å². The van der Waals surface area contributed by atoms with Crippen LogP contribution < -0.4 is 10.6 Å². The molecule has 2 unspecified atom stereocenters. The Hall–Kier alpha value is -1.15. The van der Waals surface area contributed by atoms with Crippen LogP contribution in [0.4, 0.5) is 6.01 Å². The molecule has 1 fully saturated rings. The summed E-state index contributed by atoms with van der Waals surface area (Å²) in [5, 5.41) is 14.1. The van der Waals surface area contributed by atoms with Crippen LogP contribution in [-0.2, 0) is 9.84 Å². The van der Waals surface area contributed by atoms with E-state index in [0.29, 0.717) is 18.3 Å². The van der Waals surface area contributed by atoms with Crippen LogP contribution in [0.15, 0.2) is 4.42 Å². The number of aromatic nitrogens is 2. The van der Waals surface area contributed by atoms with Crippen molar-refractivity contribution in [2.24, 2.45) is 0 Å². The van der Waals surface area contributed by atoms with Gasteiger partial charge in [0, 0.05) is 6.04 Å². The second-order valence-electron chi connectivity index (χ2n) is 4.87. The molecule has 1 aliphatic heterocycles. The average Bonchev–Trinajstić information content (AvgIpc) is 2.93. The maximum atomic E-state index is 11.3. The van der Waals surface area contributed by atoms with Crippen LogP contribution in [-0.4, -0.2) is 42.7 Å². The summed E-state index contributed by atoms with van der Waals surface area (Å²) < 4.78 is 28.2. The van der Waals surface area contributed by atoms with Crippen LogP contribution in [0.2, 0.25) is 0 Å². The van der Waals surface area contributed by atoms with Gasteiger partial charge >= 0.3 is 6.01 Å². The first kappa shape index (κ1) is 14.3. The zero-order chi connectivity index (χ0) is 13.9. The molecule has 2 N–H and O–H groups in total. The van der Waals surface area contributed by atoms with Gasteiger partial charge in [-0.1, -0.05) is 12.0 Å². The van der Waals surface area contributed by atoms with Crippen molar-refractivity contribution in [1.29, 1.82) is 0 Å². The molecule has 0 spiro atoms. The Labute approximate surface area is 113 Å². The predicted molar refractivity (Wildman–Crippen MR) is 71.7 cm³/mol. The second kappa shape index (κ2) is 5.87. The molecule has 2 rings (SSSR count). The zero-order valence-corrected chi connectivity index (χ0v) is 12.0. The molecule has 0 radical (unpaired) electrons. The molecule has 1 saturated heterocycles. The molecule has 2 heterocycles. The first-order valence-electron chi connectivity index (χ1n) is 6.54. The topological polar surface area (TPSA) is 97.1 Å².